The summed E-state index contributed by atoms with van der Waals surface area (Å²) >= 11 is 7.88. The molecule has 0 aliphatic heterocycles. The first-order valence-corrected chi connectivity index (χ1v) is 4.08. The Morgan fingerprint density at radius 1 is 1.58 bits per heavy atom. The molecule has 0 spiro atoms. The third kappa shape index (κ3) is 1.59. The molecule has 0 aliphatic carbocycles. The Morgan fingerprint density at radius 3 is 2.58 bits per heavy atom. The zero-order valence-corrected chi connectivity index (χ0v) is 7.99. The first-order valence-electron chi connectivity index (χ1n) is 2.91. The molecule has 0 aliphatic rings. The largest absolute Gasteiger partial charge is 0.507 e. The molecule has 1 rings (SSSR count). The van der Waals surface area contributed by atoms with Crippen molar-refractivity contribution in [2.45, 2.75) is 0 Å². The van der Waals surface area contributed by atoms with Gasteiger partial charge in [-0.1, -0.05) is 0 Å². The van der Waals surface area contributed by atoms with Crippen molar-refractivity contribution in [2.75, 3.05) is 0 Å². The van der Waals surface area contributed by atoms with Crippen molar-refractivity contribution in [1.82, 2.24) is 0 Å². The van der Waals surface area contributed by atoms with Crippen molar-refractivity contribution >= 4 is 32.8 Å². The van der Waals surface area contributed by atoms with Gasteiger partial charge in [0.15, 0.2) is 5.82 Å². The first-order chi connectivity index (χ1) is 5.54. The number of rotatable bonds is 1. The van der Waals surface area contributed by atoms with Crippen LogP contribution in [0.5, 0.6) is 5.75 Å². The average Bonchev–Trinajstić information content (AvgIpc) is 1.97. The maximum Gasteiger partial charge on any atom is 0.259 e. The summed E-state index contributed by atoms with van der Waals surface area (Å²) in [5.74, 6) is -1.31. The summed E-state index contributed by atoms with van der Waals surface area (Å²) in [5, 5.41) is 8.00. The summed E-state index contributed by atoms with van der Waals surface area (Å²) in [5.41, 5.74) is -0.508. The molecule has 0 unspecified atom stereocenters. The highest BCUT2D eigenvalue weighted by atomic mass is 79.9. The number of phenols is 1. The van der Waals surface area contributed by atoms with E-state index in [1.165, 1.54) is 12.1 Å². The normalized spacial score (nSPS) is 9.92. The zero-order chi connectivity index (χ0) is 9.30. The van der Waals surface area contributed by atoms with Crippen molar-refractivity contribution in [2.24, 2.45) is 0 Å². The first kappa shape index (κ1) is 9.48. The van der Waals surface area contributed by atoms with Crippen LogP contribution in [-0.4, -0.2) is 10.3 Å². The number of aromatic hydroxyl groups is 1. The van der Waals surface area contributed by atoms with Crippen LogP contribution >= 0.6 is 27.5 Å². The average molecular weight is 253 g/mol. The molecule has 12 heavy (non-hydrogen) atoms. The topological polar surface area (TPSA) is 37.3 Å². The minimum absolute atomic E-state index is 0.0873. The number of halogens is 3. The van der Waals surface area contributed by atoms with Crippen LogP contribution < -0.4 is 0 Å². The molecule has 0 amide bonds. The Labute approximate surface area is 81.1 Å². The SMILES string of the molecule is O=C(Cl)c1c(O)ccc(Br)c1F. The predicted molar refractivity (Wildman–Crippen MR) is 45.9 cm³/mol. The van der Waals surface area contributed by atoms with E-state index in [0.717, 1.165) is 0 Å². The summed E-state index contributed by atoms with van der Waals surface area (Å²) in [7, 11) is 0. The Bertz CT molecular complexity index is 340. The lowest BCUT2D eigenvalue weighted by atomic mass is 10.2. The van der Waals surface area contributed by atoms with Crippen molar-refractivity contribution in [3.63, 3.8) is 0 Å². The molecule has 5 heteroatoms. The van der Waals surface area contributed by atoms with Gasteiger partial charge >= 0.3 is 0 Å². The summed E-state index contributed by atoms with van der Waals surface area (Å²) in [6.45, 7) is 0. The lowest BCUT2D eigenvalue weighted by Gasteiger charge is -2.01. The molecule has 64 valence electrons. The third-order valence-electron chi connectivity index (χ3n) is 1.27. The molecule has 0 atom stereocenters. The monoisotopic (exact) mass is 252 g/mol. The molecular weight excluding hydrogens is 250 g/mol. The molecular formula is C7H3BrClFO2. The van der Waals surface area contributed by atoms with Crippen LogP contribution in [0.25, 0.3) is 0 Å². The maximum absolute atomic E-state index is 13.0. The van der Waals surface area contributed by atoms with Gasteiger partial charge in [-0.15, -0.1) is 0 Å². The summed E-state index contributed by atoms with van der Waals surface area (Å²) in [4.78, 5) is 10.6. The number of hydrogen-bond acceptors (Lipinski definition) is 2. The Kier molecular flexibility index (Phi) is 2.69. The molecule has 0 radical (unpaired) electrons. The van der Waals surface area contributed by atoms with Gasteiger partial charge in [-0.2, -0.15) is 0 Å². The van der Waals surface area contributed by atoms with Crippen molar-refractivity contribution in [3.05, 3.63) is 28.0 Å². The van der Waals surface area contributed by atoms with Gasteiger partial charge in [0.1, 0.15) is 11.3 Å². The van der Waals surface area contributed by atoms with Gasteiger partial charge in [0.05, 0.1) is 4.47 Å². The van der Waals surface area contributed by atoms with Crippen molar-refractivity contribution in [1.29, 1.82) is 0 Å². The van der Waals surface area contributed by atoms with E-state index < -0.39 is 22.4 Å². The predicted octanol–water partition coefficient (Wildman–Crippen LogP) is 2.67. The maximum atomic E-state index is 13.0. The van der Waals surface area contributed by atoms with Crippen LogP contribution in [-0.2, 0) is 0 Å². The smallest absolute Gasteiger partial charge is 0.259 e. The number of phenolic OH excluding ortho intramolecular Hbond substituents is 1. The minimum atomic E-state index is -1.02. The quantitative estimate of drug-likeness (QED) is 0.781. The highest BCUT2D eigenvalue weighted by Crippen LogP contribution is 2.27. The van der Waals surface area contributed by atoms with E-state index >= 15 is 0 Å². The molecule has 0 bridgehead atoms. The van der Waals surface area contributed by atoms with Gasteiger partial charge in [-0.3, -0.25) is 4.79 Å². The zero-order valence-electron chi connectivity index (χ0n) is 5.64. The van der Waals surface area contributed by atoms with E-state index in [4.69, 9.17) is 16.7 Å². The molecule has 0 saturated heterocycles. The lowest BCUT2D eigenvalue weighted by Crippen LogP contribution is -1.95. The number of carbonyl (C=O) groups is 1. The molecule has 1 N–H and O–H groups in total. The summed E-state index contributed by atoms with van der Waals surface area (Å²) < 4.78 is 13.1. The fourth-order valence-electron chi connectivity index (χ4n) is 0.727. The van der Waals surface area contributed by atoms with E-state index in [1.807, 2.05) is 0 Å². The fourth-order valence-corrected chi connectivity index (χ4v) is 1.24. The molecule has 1 aromatic rings. The third-order valence-corrected chi connectivity index (χ3v) is 2.07. The second kappa shape index (κ2) is 3.41. The van der Waals surface area contributed by atoms with Gasteiger partial charge in [0.25, 0.3) is 5.24 Å². The van der Waals surface area contributed by atoms with Gasteiger partial charge in [-0.05, 0) is 39.7 Å². The molecule has 0 saturated carbocycles. The fraction of sp³-hybridized carbons (Fsp3) is 0. The van der Waals surface area contributed by atoms with Crippen molar-refractivity contribution in [3.8, 4) is 5.75 Å². The highest BCUT2D eigenvalue weighted by Gasteiger charge is 2.16. The van der Waals surface area contributed by atoms with E-state index in [-0.39, 0.29) is 4.47 Å². The standard InChI is InChI=1S/C7H3BrClFO2/c8-3-1-2-4(11)5(6(3)10)7(9)12/h1-2,11H. The van der Waals surface area contributed by atoms with Crippen LogP contribution in [0, 0.1) is 5.82 Å². The highest BCUT2D eigenvalue weighted by molar-refractivity contribution is 9.10. The van der Waals surface area contributed by atoms with Crippen LogP contribution in [0.1, 0.15) is 10.4 Å². The van der Waals surface area contributed by atoms with E-state index in [1.54, 1.807) is 0 Å². The van der Waals surface area contributed by atoms with E-state index in [9.17, 15) is 9.18 Å². The lowest BCUT2D eigenvalue weighted by molar-refractivity contribution is 0.107. The Hall–Kier alpha value is -0.610. The van der Waals surface area contributed by atoms with Crippen LogP contribution in [0.15, 0.2) is 16.6 Å². The van der Waals surface area contributed by atoms with Gasteiger partial charge < -0.3 is 5.11 Å². The Balaban J connectivity index is 3.43. The molecule has 1 aromatic carbocycles. The van der Waals surface area contributed by atoms with E-state index in [0.29, 0.717) is 0 Å². The Morgan fingerprint density at radius 2 is 2.17 bits per heavy atom. The van der Waals surface area contributed by atoms with Crippen LogP contribution in [0.2, 0.25) is 0 Å². The summed E-state index contributed by atoms with van der Waals surface area (Å²) in [6.07, 6.45) is 0. The molecule has 0 heterocycles. The number of carbonyl (C=O) groups excluding carboxylic acids is 1. The molecule has 0 fully saturated rings. The second-order valence-electron chi connectivity index (χ2n) is 2.03. The van der Waals surface area contributed by atoms with Crippen LogP contribution in [0.3, 0.4) is 0 Å². The molecule has 2 nitrogen and oxygen atoms in total. The van der Waals surface area contributed by atoms with Gasteiger partial charge in [-0.25, -0.2) is 4.39 Å². The second-order valence-corrected chi connectivity index (χ2v) is 3.23. The molecule has 0 aromatic heterocycles. The van der Waals surface area contributed by atoms with Crippen LogP contribution in [0.4, 0.5) is 4.39 Å². The summed E-state index contributed by atoms with van der Waals surface area (Å²) in [6, 6.07) is 2.47. The minimum Gasteiger partial charge on any atom is -0.507 e. The van der Waals surface area contributed by atoms with Crippen molar-refractivity contribution < 1.29 is 14.3 Å². The van der Waals surface area contributed by atoms with Gasteiger partial charge in [0, 0.05) is 0 Å². The number of benzene rings is 1. The van der Waals surface area contributed by atoms with E-state index in [2.05, 4.69) is 15.9 Å². The number of hydrogen-bond donors (Lipinski definition) is 1. The van der Waals surface area contributed by atoms with Gasteiger partial charge in [0.2, 0.25) is 0 Å².